The second-order valence-electron chi connectivity index (χ2n) is 4.91. The number of guanidine groups is 1. The molecule has 126 valence electrons. The predicted molar refractivity (Wildman–Crippen MR) is 103 cm³/mol. The van der Waals surface area contributed by atoms with Crippen LogP contribution in [-0.2, 0) is 13.1 Å². The van der Waals surface area contributed by atoms with E-state index in [9.17, 15) is 0 Å². The van der Waals surface area contributed by atoms with Gasteiger partial charge in [-0.15, -0.1) is 24.0 Å². The first kappa shape index (κ1) is 19.3. The number of aliphatic imine (C=N–C) groups is 1. The molecule has 1 aromatic heterocycles. The van der Waals surface area contributed by atoms with Gasteiger partial charge in [-0.25, -0.2) is 0 Å². The Kier molecular flexibility index (Phi) is 8.46. The summed E-state index contributed by atoms with van der Waals surface area (Å²) in [4.78, 5) is 4.22. The van der Waals surface area contributed by atoms with Crippen LogP contribution in [0.4, 0.5) is 0 Å². The third-order valence-corrected chi connectivity index (χ3v) is 3.20. The number of H-pyrrole nitrogens is 1. The van der Waals surface area contributed by atoms with E-state index in [1.807, 2.05) is 13.0 Å². The lowest BCUT2D eigenvalue weighted by atomic mass is 10.1. The Morgan fingerprint density at radius 3 is 2.70 bits per heavy atom. The molecule has 0 aliphatic heterocycles. The minimum atomic E-state index is 0. The Bertz CT molecular complexity index is 613. The number of aromatic nitrogens is 2. The molecule has 23 heavy (non-hydrogen) atoms. The molecule has 0 aliphatic carbocycles. The molecular weight excluding hydrogens is 405 g/mol. The highest BCUT2D eigenvalue weighted by Gasteiger charge is 2.05. The quantitative estimate of drug-likeness (QED) is 0.375. The fourth-order valence-corrected chi connectivity index (χ4v) is 2.06. The van der Waals surface area contributed by atoms with Crippen LogP contribution >= 0.6 is 24.0 Å². The summed E-state index contributed by atoms with van der Waals surface area (Å²) in [5, 5.41) is 13.3. The maximum absolute atomic E-state index is 5.69. The highest BCUT2D eigenvalue weighted by Crippen LogP contribution is 2.20. The SMILES string of the molecule is CCOc1cc(C)ccc1CNC(=NC)NCc1ccn[nH]1.I. The van der Waals surface area contributed by atoms with Crippen molar-refractivity contribution in [2.75, 3.05) is 13.7 Å². The van der Waals surface area contributed by atoms with Crippen LogP contribution in [0.25, 0.3) is 0 Å². The van der Waals surface area contributed by atoms with Crippen LogP contribution in [0.15, 0.2) is 35.5 Å². The third kappa shape index (κ3) is 6.09. The van der Waals surface area contributed by atoms with E-state index in [0.717, 1.165) is 23.0 Å². The van der Waals surface area contributed by atoms with Crippen LogP contribution in [0.1, 0.15) is 23.7 Å². The van der Waals surface area contributed by atoms with Crippen LogP contribution in [0.2, 0.25) is 0 Å². The minimum absolute atomic E-state index is 0. The normalized spacial score (nSPS) is 10.8. The molecule has 0 radical (unpaired) electrons. The molecule has 0 spiro atoms. The summed E-state index contributed by atoms with van der Waals surface area (Å²) in [6.45, 7) is 6.00. The first-order chi connectivity index (χ1) is 10.7. The molecule has 7 heteroatoms. The Hall–Kier alpha value is -1.77. The zero-order chi connectivity index (χ0) is 15.8. The maximum Gasteiger partial charge on any atom is 0.191 e. The fourth-order valence-electron chi connectivity index (χ4n) is 2.06. The summed E-state index contributed by atoms with van der Waals surface area (Å²) >= 11 is 0. The lowest BCUT2D eigenvalue weighted by Gasteiger charge is -2.14. The minimum Gasteiger partial charge on any atom is -0.494 e. The molecule has 0 bridgehead atoms. The van der Waals surface area contributed by atoms with E-state index in [0.29, 0.717) is 19.7 Å². The third-order valence-electron chi connectivity index (χ3n) is 3.20. The lowest BCUT2D eigenvalue weighted by Crippen LogP contribution is -2.36. The molecular formula is C16H24IN5O. The molecule has 0 fully saturated rings. The average molecular weight is 429 g/mol. The van der Waals surface area contributed by atoms with Gasteiger partial charge in [0.15, 0.2) is 5.96 Å². The number of rotatable bonds is 6. The summed E-state index contributed by atoms with van der Waals surface area (Å²) in [7, 11) is 1.75. The summed E-state index contributed by atoms with van der Waals surface area (Å²) < 4.78 is 5.69. The van der Waals surface area contributed by atoms with Gasteiger partial charge in [0, 0.05) is 25.4 Å². The fraction of sp³-hybridized carbons (Fsp3) is 0.375. The first-order valence-electron chi connectivity index (χ1n) is 7.38. The van der Waals surface area contributed by atoms with E-state index in [1.165, 1.54) is 5.56 Å². The zero-order valence-corrected chi connectivity index (χ0v) is 16.0. The molecule has 6 nitrogen and oxygen atoms in total. The number of aromatic amines is 1. The van der Waals surface area contributed by atoms with Crippen LogP contribution in [-0.4, -0.2) is 29.8 Å². The van der Waals surface area contributed by atoms with Gasteiger partial charge in [0.25, 0.3) is 0 Å². The molecule has 0 saturated heterocycles. The molecule has 0 atom stereocenters. The van der Waals surface area contributed by atoms with Gasteiger partial charge in [0.05, 0.1) is 18.8 Å². The molecule has 2 aromatic rings. The predicted octanol–water partition coefficient (Wildman–Crippen LogP) is 2.60. The van der Waals surface area contributed by atoms with Crippen molar-refractivity contribution < 1.29 is 4.74 Å². The number of ether oxygens (including phenoxy) is 1. The number of aryl methyl sites for hydroxylation is 1. The Morgan fingerprint density at radius 2 is 2.04 bits per heavy atom. The van der Waals surface area contributed by atoms with E-state index < -0.39 is 0 Å². The zero-order valence-electron chi connectivity index (χ0n) is 13.7. The van der Waals surface area contributed by atoms with Gasteiger partial charge in [-0.05, 0) is 31.5 Å². The molecule has 0 saturated carbocycles. The van der Waals surface area contributed by atoms with Crippen molar-refractivity contribution in [2.24, 2.45) is 4.99 Å². The molecule has 0 aliphatic rings. The van der Waals surface area contributed by atoms with Gasteiger partial charge in [-0.1, -0.05) is 12.1 Å². The number of benzene rings is 1. The van der Waals surface area contributed by atoms with Crippen molar-refractivity contribution in [1.82, 2.24) is 20.8 Å². The van der Waals surface area contributed by atoms with Gasteiger partial charge < -0.3 is 15.4 Å². The van der Waals surface area contributed by atoms with E-state index in [4.69, 9.17) is 4.74 Å². The lowest BCUT2D eigenvalue weighted by molar-refractivity contribution is 0.336. The van der Waals surface area contributed by atoms with Crippen LogP contribution < -0.4 is 15.4 Å². The largest absolute Gasteiger partial charge is 0.494 e. The Balaban J connectivity index is 0.00000264. The van der Waals surface area contributed by atoms with Crippen LogP contribution in [0.5, 0.6) is 5.75 Å². The van der Waals surface area contributed by atoms with Crippen molar-refractivity contribution in [2.45, 2.75) is 26.9 Å². The Labute approximate surface area is 154 Å². The van der Waals surface area contributed by atoms with Gasteiger partial charge in [0.1, 0.15) is 5.75 Å². The number of hydrogen-bond acceptors (Lipinski definition) is 3. The second kappa shape index (κ2) is 10.1. The monoisotopic (exact) mass is 429 g/mol. The number of halogens is 1. The van der Waals surface area contributed by atoms with E-state index >= 15 is 0 Å². The molecule has 3 N–H and O–H groups in total. The van der Waals surface area contributed by atoms with Gasteiger partial charge in [0.2, 0.25) is 0 Å². The van der Waals surface area contributed by atoms with E-state index in [-0.39, 0.29) is 24.0 Å². The van der Waals surface area contributed by atoms with Crippen molar-refractivity contribution in [3.63, 3.8) is 0 Å². The number of nitrogens with zero attached hydrogens (tertiary/aromatic N) is 2. The average Bonchev–Trinajstić information content (AvgIpc) is 3.03. The highest BCUT2D eigenvalue weighted by molar-refractivity contribution is 14.0. The molecule has 1 aromatic carbocycles. The molecule has 2 rings (SSSR count). The molecule has 0 amide bonds. The van der Waals surface area contributed by atoms with E-state index in [1.54, 1.807) is 13.2 Å². The second-order valence-corrected chi connectivity index (χ2v) is 4.91. The van der Waals surface area contributed by atoms with Crippen molar-refractivity contribution >= 4 is 29.9 Å². The van der Waals surface area contributed by atoms with E-state index in [2.05, 4.69) is 50.9 Å². The number of hydrogen-bond donors (Lipinski definition) is 3. The summed E-state index contributed by atoms with van der Waals surface area (Å²) in [6, 6.07) is 8.14. The standard InChI is InChI=1S/C16H23N5O.HI/c1-4-22-15-9-12(2)5-6-13(15)10-18-16(17-3)19-11-14-7-8-20-21-14;/h5-9H,4,10-11H2,1-3H3,(H,20,21)(H2,17,18,19);1H. The smallest absolute Gasteiger partial charge is 0.191 e. The van der Waals surface area contributed by atoms with Gasteiger partial charge in [-0.3, -0.25) is 10.1 Å². The van der Waals surface area contributed by atoms with Crippen LogP contribution in [0.3, 0.4) is 0 Å². The highest BCUT2D eigenvalue weighted by atomic mass is 127. The maximum atomic E-state index is 5.69. The number of nitrogens with one attached hydrogen (secondary N) is 3. The first-order valence-corrected chi connectivity index (χ1v) is 7.38. The summed E-state index contributed by atoms with van der Waals surface area (Å²) in [5.41, 5.74) is 3.30. The topological polar surface area (TPSA) is 74.3 Å². The Morgan fingerprint density at radius 1 is 1.26 bits per heavy atom. The van der Waals surface area contributed by atoms with Crippen molar-refractivity contribution in [3.8, 4) is 5.75 Å². The van der Waals surface area contributed by atoms with Gasteiger partial charge >= 0.3 is 0 Å². The van der Waals surface area contributed by atoms with Crippen LogP contribution in [0, 0.1) is 6.92 Å². The molecule has 1 heterocycles. The van der Waals surface area contributed by atoms with Gasteiger partial charge in [-0.2, -0.15) is 5.10 Å². The summed E-state index contributed by atoms with van der Waals surface area (Å²) in [6.07, 6.45) is 1.73. The van der Waals surface area contributed by atoms with Crippen molar-refractivity contribution in [3.05, 3.63) is 47.3 Å². The molecule has 0 unspecified atom stereocenters. The van der Waals surface area contributed by atoms with Crippen molar-refractivity contribution in [1.29, 1.82) is 0 Å². The summed E-state index contributed by atoms with van der Waals surface area (Å²) in [5.74, 6) is 1.65.